The van der Waals surface area contributed by atoms with Crippen molar-refractivity contribution in [3.8, 4) is 23.0 Å². The van der Waals surface area contributed by atoms with Gasteiger partial charge in [0.1, 0.15) is 17.3 Å². The summed E-state index contributed by atoms with van der Waals surface area (Å²) in [7, 11) is 4.54. The Bertz CT molecular complexity index is 1590. The SMILES string of the molecule is COc1ccc(C(O)=C2C(=O)C(=O)N(CCc3c[nH]c4ccc(OC)cc34)[C@H]2c2ccc(O)c(OC)c2)cc1. The molecule has 5 rings (SSSR count). The van der Waals surface area contributed by atoms with Crippen LogP contribution in [-0.2, 0) is 16.0 Å². The molecule has 0 unspecified atom stereocenters. The number of nitrogens with one attached hydrogen (secondary N) is 1. The summed E-state index contributed by atoms with van der Waals surface area (Å²) in [6.45, 7) is 0.196. The highest BCUT2D eigenvalue weighted by Gasteiger charge is 2.46. The molecule has 0 aliphatic carbocycles. The maximum absolute atomic E-state index is 13.4. The normalized spacial score (nSPS) is 16.6. The van der Waals surface area contributed by atoms with E-state index < -0.39 is 17.7 Å². The van der Waals surface area contributed by atoms with E-state index in [4.69, 9.17) is 14.2 Å². The number of hydrogen-bond donors (Lipinski definition) is 3. The van der Waals surface area contributed by atoms with E-state index in [-0.39, 0.29) is 29.4 Å². The van der Waals surface area contributed by atoms with Crippen molar-refractivity contribution in [2.75, 3.05) is 27.9 Å². The number of ketones is 1. The van der Waals surface area contributed by atoms with Crippen LogP contribution in [0.25, 0.3) is 16.7 Å². The summed E-state index contributed by atoms with van der Waals surface area (Å²) in [6, 6.07) is 16.0. The van der Waals surface area contributed by atoms with Crippen molar-refractivity contribution < 1.29 is 34.0 Å². The van der Waals surface area contributed by atoms with Crippen LogP contribution in [0.15, 0.2) is 72.4 Å². The zero-order valence-corrected chi connectivity index (χ0v) is 21.7. The molecule has 39 heavy (non-hydrogen) atoms. The summed E-state index contributed by atoms with van der Waals surface area (Å²) >= 11 is 0. The fourth-order valence-electron chi connectivity index (χ4n) is 4.96. The van der Waals surface area contributed by atoms with Gasteiger partial charge in [0.2, 0.25) is 0 Å². The molecule has 1 saturated heterocycles. The van der Waals surface area contributed by atoms with Crippen LogP contribution in [0.1, 0.15) is 22.7 Å². The number of aromatic amines is 1. The first kappa shape index (κ1) is 25.7. The number of methoxy groups -OCH3 is 3. The van der Waals surface area contributed by atoms with Crippen LogP contribution in [0.4, 0.5) is 0 Å². The summed E-state index contributed by atoms with van der Waals surface area (Å²) in [5.74, 6) is -0.415. The average molecular weight is 529 g/mol. The number of nitrogens with zero attached hydrogens (tertiary/aromatic N) is 1. The monoisotopic (exact) mass is 528 g/mol. The van der Waals surface area contributed by atoms with Gasteiger partial charge in [-0.1, -0.05) is 6.07 Å². The summed E-state index contributed by atoms with van der Waals surface area (Å²) in [4.78, 5) is 31.4. The molecule has 9 heteroatoms. The van der Waals surface area contributed by atoms with E-state index in [0.717, 1.165) is 16.5 Å². The Balaban J connectivity index is 1.57. The van der Waals surface area contributed by atoms with Crippen LogP contribution < -0.4 is 14.2 Å². The number of aromatic hydroxyl groups is 1. The number of aliphatic hydroxyl groups is 1. The molecule has 0 bridgehead atoms. The number of ether oxygens (including phenoxy) is 3. The van der Waals surface area contributed by atoms with Gasteiger partial charge >= 0.3 is 0 Å². The van der Waals surface area contributed by atoms with Crippen molar-refractivity contribution in [1.29, 1.82) is 0 Å². The van der Waals surface area contributed by atoms with Gasteiger partial charge in [-0.3, -0.25) is 9.59 Å². The Morgan fingerprint density at radius 2 is 1.64 bits per heavy atom. The summed E-state index contributed by atoms with van der Waals surface area (Å²) in [6.07, 6.45) is 2.31. The lowest BCUT2D eigenvalue weighted by molar-refractivity contribution is -0.139. The molecular formula is C30H28N2O7. The number of benzene rings is 3. The lowest BCUT2D eigenvalue weighted by Gasteiger charge is -2.26. The third kappa shape index (κ3) is 4.63. The summed E-state index contributed by atoms with van der Waals surface area (Å²) in [5, 5.41) is 22.4. The predicted octanol–water partition coefficient (Wildman–Crippen LogP) is 4.56. The molecule has 1 amide bonds. The van der Waals surface area contributed by atoms with Crippen LogP contribution in [0.3, 0.4) is 0 Å². The van der Waals surface area contributed by atoms with Crippen molar-refractivity contribution in [1.82, 2.24) is 9.88 Å². The number of hydrogen-bond acceptors (Lipinski definition) is 7. The Kier molecular flexibility index (Phi) is 6.89. The highest BCUT2D eigenvalue weighted by molar-refractivity contribution is 6.46. The first-order valence-electron chi connectivity index (χ1n) is 12.3. The standard InChI is InChI=1S/C30H28N2O7/c1-37-20-7-4-17(5-8-20)28(34)26-27(18-6-11-24(33)25(14-18)39-3)32(30(36)29(26)35)13-12-19-16-31-23-10-9-21(38-2)15-22(19)23/h4-11,14-16,27,31,33-34H,12-13H2,1-3H3/t27-/m0/s1. The van der Waals surface area contributed by atoms with Gasteiger partial charge in [-0.05, 0) is 72.1 Å². The van der Waals surface area contributed by atoms with E-state index in [1.54, 1.807) is 43.5 Å². The van der Waals surface area contributed by atoms with Gasteiger partial charge in [-0.25, -0.2) is 0 Å². The minimum atomic E-state index is -0.902. The molecule has 1 atom stereocenters. The number of phenols is 1. The number of H-pyrrole nitrogens is 1. The Morgan fingerprint density at radius 3 is 2.33 bits per heavy atom. The van der Waals surface area contributed by atoms with Gasteiger partial charge in [0.05, 0.1) is 32.9 Å². The molecule has 9 nitrogen and oxygen atoms in total. The molecule has 0 saturated carbocycles. The molecular weight excluding hydrogens is 500 g/mol. The molecule has 2 heterocycles. The number of carbonyl (C=O) groups excluding carboxylic acids is 2. The number of aromatic nitrogens is 1. The molecule has 1 aliphatic rings. The van der Waals surface area contributed by atoms with E-state index in [0.29, 0.717) is 29.0 Å². The molecule has 4 aromatic rings. The number of Topliss-reactive ketones (excluding diaryl/α,β-unsaturated/α-hetero) is 1. The zero-order chi connectivity index (χ0) is 27.7. The van der Waals surface area contributed by atoms with E-state index in [2.05, 4.69) is 4.98 Å². The van der Waals surface area contributed by atoms with Gasteiger partial charge in [0, 0.05) is 29.2 Å². The van der Waals surface area contributed by atoms with E-state index >= 15 is 0 Å². The van der Waals surface area contributed by atoms with Crippen molar-refractivity contribution in [2.24, 2.45) is 0 Å². The van der Waals surface area contributed by atoms with Crippen LogP contribution in [0.5, 0.6) is 23.0 Å². The lowest BCUT2D eigenvalue weighted by Crippen LogP contribution is -2.31. The third-order valence-electron chi connectivity index (χ3n) is 7.02. The highest BCUT2D eigenvalue weighted by Crippen LogP contribution is 2.42. The van der Waals surface area contributed by atoms with Crippen molar-refractivity contribution >= 4 is 28.4 Å². The van der Waals surface area contributed by atoms with Gasteiger partial charge in [0.15, 0.2) is 11.5 Å². The number of fused-ring (bicyclic) bond motifs is 1. The predicted molar refractivity (Wildman–Crippen MR) is 145 cm³/mol. The summed E-state index contributed by atoms with van der Waals surface area (Å²) in [5.41, 5.74) is 2.71. The first-order valence-corrected chi connectivity index (χ1v) is 12.3. The molecule has 3 N–H and O–H groups in total. The van der Waals surface area contributed by atoms with Gasteiger partial charge in [0.25, 0.3) is 11.7 Å². The molecule has 1 fully saturated rings. The van der Waals surface area contributed by atoms with Gasteiger partial charge in [-0.15, -0.1) is 0 Å². The van der Waals surface area contributed by atoms with Crippen LogP contribution >= 0.6 is 0 Å². The molecule has 1 aliphatic heterocycles. The smallest absolute Gasteiger partial charge is 0.295 e. The average Bonchev–Trinajstić information content (AvgIpc) is 3.48. The third-order valence-corrected chi connectivity index (χ3v) is 7.02. The summed E-state index contributed by atoms with van der Waals surface area (Å²) < 4.78 is 15.8. The minimum Gasteiger partial charge on any atom is -0.507 e. The van der Waals surface area contributed by atoms with E-state index in [1.807, 2.05) is 24.4 Å². The fourth-order valence-corrected chi connectivity index (χ4v) is 4.96. The van der Waals surface area contributed by atoms with Crippen LogP contribution in [0, 0.1) is 0 Å². The molecule has 3 aromatic carbocycles. The van der Waals surface area contributed by atoms with Crippen molar-refractivity contribution in [3.63, 3.8) is 0 Å². The Labute approximate surface area is 224 Å². The number of amides is 1. The number of phenolic OH excluding ortho intramolecular Hbond substituents is 1. The molecule has 0 radical (unpaired) electrons. The maximum atomic E-state index is 13.4. The topological polar surface area (TPSA) is 121 Å². The van der Waals surface area contributed by atoms with Gasteiger partial charge < -0.3 is 34.3 Å². The minimum absolute atomic E-state index is 0.0431. The van der Waals surface area contributed by atoms with E-state index in [1.165, 1.54) is 25.2 Å². The van der Waals surface area contributed by atoms with Crippen molar-refractivity contribution in [3.05, 3.63) is 89.1 Å². The quantitative estimate of drug-likeness (QED) is 0.174. The van der Waals surface area contributed by atoms with Crippen LogP contribution in [0.2, 0.25) is 0 Å². The molecule has 1 aromatic heterocycles. The number of likely N-dealkylation sites (tertiary alicyclic amines) is 1. The number of aliphatic hydroxyl groups excluding tert-OH is 1. The second-order valence-corrected chi connectivity index (χ2v) is 9.13. The fraction of sp³-hybridized carbons (Fsp3) is 0.200. The zero-order valence-electron chi connectivity index (χ0n) is 21.7. The number of carbonyl (C=O) groups is 2. The van der Waals surface area contributed by atoms with Crippen LogP contribution in [-0.4, -0.2) is 59.7 Å². The number of rotatable bonds is 8. The second kappa shape index (κ2) is 10.4. The molecule has 200 valence electrons. The maximum Gasteiger partial charge on any atom is 0.295 e. The molecule has 0 spiro atoms. The van der Waals surface area contributed by atoms with Gasteiger partial charge in [-0.2, -0.15) is 0 Å². The lowest BCUT2D eigenvalue weighted by atomic mass is 9.94. The van der Waals surface area contributed by atoms with E-state index in [9.17, 15) is 19.8 Å². The Hall–Kier alpha value is -4.92. The van der Waals surface area contributed by atoms with Crippen molar-refractivity contribution in [2.45, 2.75) is 12.5 Å². The largest absolute Gasteiger partial charge is 0.507 e. The second-order valence-electron chi connectivity index (χ2n) is 9.13. The first-order chi connectivity index (χ1) is 18.9. The highest BCUT2D eigenvalue weighted by atomic mass is 16.5. The Morgan fingerprint density at radius 1 is 0.923 bits per heavy atom.